The van der Waals surface area contributed by atoms with Gasteiger partial charge in [-0.05, 0) is 75.0 Å². The lowest BCUT2D eigenvalue weighted by molar-refractivity contribution is 0.101. The van der Waals surface area contributed by atoms with Crippen LogP contribution in [0.5, 0.6) is 0 Å². The van der Waals surface area contributed by atoms with Crippen LogP contribution in [-0.2, 0) is 20.0 Å². The van der Waals surface area contributed by atoms with Gasteiger partial charge in [0.1, 0.15) is 11.5 Å². The van der Waals surface area contributed by atoms with Gasteiger partial charge in [0, 0.05) is 31.3 Å². The summed E-state index contributed by atoms with van der Waals surface area (Å²) in [5, 5.41) is 11.7. The number of benzene rings is 1. The predicted octanol–water partition coefficient (Wildman–Crippen LogP) is 4.79. The van der Waals surface area contributed by atoms with E-state index in [4.69, 9.17) is 0 Å². The van der Waals surface area contributed by atoms with Gasteiger partial charge in [-0.2, -0.15) is 0 Å². The average Bonchev–Trinajstić information content (AvgIpc) is 3.08. The van der Waals surface area contributed by atoms with Crippen molar-refractivity contribution < 1.29 is 4.79 Å². The van der Waals surface area contributed by atoms with Crippen LogP contribution < -0.4 is 5.32 Å². The van der Waals surface area contributed by atoms with E-state index in [1.807, 2.05) is 31.3 Å². The molecular weight excluding hydrogens is 474 g/mol. The molecule has 6 nitrogen and oxygen atoms in total. The largest absolute Gasteiger partial charge is 0.333 e. The first-order valence-electron chi connectivity index (χ1n) is 8.89. The minimum Gasteiger partial charge on any atom is -0.333 e. The Balaban J connectivity index is 1.54. The van der Waals surface area contributed by atoms with Crippen molar-refractivity contribution in [1.29, 1.82) is 0 Å². The van der Waals surface area contributed by atoms with Gasteiger partial charge in [0.05, 0.1) is 9.08 Å². The number of halogens is 2. The molecule has 0 unspecified atom stereocenters. The molecule has 1 aliphatic heterocycles. The van der Waals surface area contributed by atoms with E-state index in [2.05, 4.69) is 51.9 Å². The number of carbonyl (C=O) groups excluding carboxylic acids is 1. The van der Waals surface area contributed by atoms with Gasteiger partial charge in [-0.15, -0.1) is 10.2 Å². The summed E-state index contributed by atoms with van der Waals surface area (Å²) >= 11 is 6.87. The van der Waals surface area contributed by atoms with Crippen molar-refractivity contribution in [2.45, 2.75) is 32.2 Å². The number of amides is 1. The Labute approximate surface area is 174 Å². The highest BCUT2D eigenvalue weighted by Crippen LogP contribution is 2.27. The Bertz CT molecular complexity index is 990. The molecule has 0 saturated carbocycles. The molecule has 2 aromatic heterocycles. The van der Waals surface area contributed by atoms with E-state index in [-0.39, 0.29) is 5.91 Å². The molecule has 0 saturated heterocycles. The van der Waals surface area contributed by atoms with Crippen molar-refractivity contribution in [1.82, 2.24) is 19.3 Å². The van der Waals surface area contributed by atoms with Crippen molar-refractivity contribution in [2.24, 2.45) is 7.05 Å². The maximum Gasteiger partial charge on any atom is 0.272 e. The first-order chi connectivity index (χ1) is 13.0. The number of aromatic nitrogens is 4. The fraction of sp³-hybridized carbons (Fsp3) is 0.316. The molecule has 0 bridgehead atoms. The number of aryl methyl sites for hydroxylation is 1. The molecule has 1 aliphatic rings. The fourth-order valence-electron chi connectivity index (χ4n) is 3.36. The molecule has 0 radical (unpaired) electrons. The number of hydrogen-bond donors (Lipinski definition) is 1. The molecule has 3 heterocycles. The second-order valence-electron chi connectivity index (χ2n) is 6.66. The lowest BCUT2D eigenvalue weighted by Crippen LogP contribution is -2.15. The van der Waals surface area contributed by atoms with Crippen LogP contribution in [0, 0.1) is 0 Å². The van der Waals surface area contributed by atoms with Crippen molar-refractivity contribution in [2.75, 3.05) is 5.32 Å². The summed E-state index contributed by atoms with van der Waals surface area (Å²) in [5.41, 5.74) is 2.33. The molecule has 0 atom stereocenters. The first kappa shape index (κ1) is 18.4. The van der Waals surface area contributed by atoms with E-state index >= 15 is 0 Å². The maximum absolute atomic E-state index is 12.5. The third-order valence-electron chi connectivity index (χ3n) is 4.86. The average molecular weight is 493 g/mol. The van der Waals surface area contributed by atoms with Gasteiger partial charge in [0.15, 0.2) is 5.82 Å². The summed E-state index contributed by atoms with van der Waals surface area (Å²) in [6.45, 7) is 0.966. The van der Waals surface area contributed by atoms with Gasteiger partial charge in [0.2, 0.25) is 0 Å². The second kappa shape index (κ2) is 7.59. The number of hydrogen-bond acceptors (Lipinski definition) is 3. The van der Waals surface area contributed by atoms with Gasteiger partial charge in [-0.1, -0.05) is 6.42 Å². The molecule has 27 heavy (non-hydrogen) atoms. The van der Waals surface area contributed by atoms with Crippen LogP contribution in [-0.4, -0.2) is 25.2 Å². The highest BCUT2D eigenvalue weighted by Gasteiger charge is 2.17. The highest BCUT2D eigenvalue weighted by molar-refractivity contribution is 9.13. The molecule has 8 heteroatoms. The topological polar surface area (TPSA) is 64.7 Å². The lowest BCUT2D eigenvalue weighted by atomic mass is 10.2. The Morgan fingerprint density at radius 3 is 2.59 bits per heavy atom. The Morgan fingerprint density at radius 2 is 1.89 bits per heavy atom. The highest BCUT2D eigenvalue weighted by atomic mass is 79.9. The van der Waals surface area contributed by atoms with Crippen LogP contribution in [0.1, 0.15) is 35.6 Å². The van der Waals surface area contributed by atoms with E-state index in [9.17, 15) is 4.79 Å². The van der Waals surface area contributed by atoms with Crippen LogP contribution in [0.2, 0.25) is 0 Å². The number of carbonyl (C=O) groups is 1. The molecule has 0 fully saturated rings. The zero-order chi connectivity index (χ0) is 19.0. The Kier molecular flexibility index (Phi) is 5.19. The van der Waals surface area contributed by atoms with Gasteiger partial charge < -0.3 is 14.5 Å². The van der Waals surface area contributed by atoms with E-state index in [0.29, 0.717) is 5.69 Å². The maximum atomic E-state index is 12.5. The molecule has 1 N–H and O–H groups in total. The fourth-order valence-corrected chi connectivity index (χ4v) is 4.14. The third kappa shape index (κ3) is 3.60. The van der Waals surface area contributed by atoms with Crippen LogP contribution in [0.15, 0.2) is 39.4 Å². The van der Waals surface area contributed by atoms with Crippen molar-refractivity contribution >= 4 is 43.5 Å². The Hall–Kier alpha value is -1.93. The van der Waals surface area contributed by atoms with Crippen molar-refractivity contribution in [3.8, 4) is 11.4 Å². The molecule has 0 aliphatic carbocycles. The van der Waals surface area contributed by atoms with Gasteiger partial charge in [-0.3, -0.25) is 4.79 Å². The van der Waals surface area contributed by atoms with E-state index in [0.717, 1.165) is 51.4 Å². The number of anilines is 1. The minimum absolute atomic E-state index is 0.159. The normalized spacial score (nSPS) is 13.9. The van der Waals surface area contributed by atoms with E-state index < -0.39 is 0 Å². The number of rotatable bonds is 3. The molecule has 140 valence electrons. The first-order valence-corrected chi connectivity index (χ1v) is 10.5. The van der Waals surface area contributed by atoms with Crippen LogP contribution in [0.4, 0.5) is 5.69 Å². The molecule has 4 rings (SSSR count). The standard InChI is InChI=1S/C19H19Br2N5O/c1-25-15(11-14(20)17(25)21)19(27)22-13-8-6-12(7-9-13)18-24-23-16-5-3-2-4-10-26(16)18/h6-9,11H,2-5,10H2,1H3,(H,22,27). The summed E-state index contributed by atoms with van der Waals surface area (Å²) in [4.78, 5) is 12.5. The van der Waals surface area contributed by atoms with E-state index in [1.165, 1.54) is 12.8 Å². The van der Waals surface area contributed by atoms with E-state index in [1.54, 1.807) is 10.6 Å². The van der Waals surface area contributed by atoms with Gasteiger partial charge in [-0.25, -0.2) is 0 Å². The third-order valence-corrected chi connectivity index (χ3v) is 6.96. The zero-order valence-corrected chi connectivity index (χ0v) is 18.0. The number of fused-ring (bicyclic) bond motifs is 1. The number of nitrogens with zero attached hydrogens (tertiary/aromatic N) is 4. The van der Waals surface area contributed by atoms with Crippen molar-refractivity contribution in [3.05, 3.63) is 50.9 Å². The van der Waals surface area contributed by atoms with Gasteiger partial charge in [0.25, 0.3) is 5.91 Å². The van der Waals surface area contributed by atoms with Crippen LogP contribution in [0.25, 0.3) is 11.4 Å². The predicted molar refractivity (Wildman–Crippen MR) is 112 cm³/mol. The molecule has 3 aromatic rings. The van der Waals surface area contributed by atoms with Crippen molar-refractivity contribution in [3.63, 3.8) is 0 Å². The summed E-state index contributed by atoms with van der Waals surface area (Å²) in [6.07, 6.45) is 4.56. The molecule has 1 aromatic carbocycles. The van der Waals surface area contributed by atoms with Crippen LogP contribution in [0.3, 0.4) is 0 Å². The molecular formula is C19H19Br2N5O. The number of nitrogens with one attached hydrogen (secondary N) is 1. The molecule has 0 spiro atoms. The SMILES string of the molecule is Cn1c(C(=O)Nc2ccc(-c3nnc4n3CCCCC4)cc2)cc(Br)c1Br. The smallest absolute Gasteiger partial charge is 0.272 e. The zero-order valence-electron chi connectivity index (χ0n) is 14.9. The monoisotopic (exact) mass is 491 g/mol. The minimum atomic E-state index is -0.159. The summed E-state index contributed by atoms with van der Waals surface area (Å²) in [5.74, 6) is 1.81. The summed E-state index contributed by atoms with van der Waals surface area (Å²) in [6, 6.07) is 9.56. The molecule has 1 amide bonds. The van der Waals surface area contributed by atoms with Crippen LogP contribution >= 0.6 is 31.9 Å². The Morgan fingerprint density at radius 1 is 1.11 bits per heavy atom. The summed E-state index contributed by atoms with van der Waals surface area (Å²) < 4.78 is 5.69. The quantitative estimate of drug-likeness (QED) is 0.571. The van der Waals surface area contributed by atoms with Gasteiger partial charge >= 0.3 is 0 Å². The summed E-state index contributed by atoms with van der Waals surface area (Å²) in [7, 11) is 1.84. The second-order valence-corrected chi connectivity index (χ2v) is 8.27. The lowest BCUT2D eigenvalue weighted by Gasteiger charge is -2.09.